The number of alkyl halides is 6. The Balaban J connectivity index is 6.33. The zero-order chi connectivity index (χ0) is 21.1. The first-order chi connectivity index (χ1) is 11.5. The third kappa shape index (κ3) is 4.82. The van der Waals surface area contributed by atoms with Crippen molar-refractivity contribution in [2.45, 2.75) is 78.4 Å². The number of esters is 2. The third-order valence-electron chi connectivity index (χ3n) is 4.09. The summed E-state index contributed by atoms with van der Waals surface area (Å²) in [6.45, 7) is 7.34. The summed E-state index contributed by atoms with van der Waals surface area (Å²) in [7, 11) is 0. The second-order valence-corrected chi connectivity index (χ2v) is 6.85. The smallest absolute Gasteiger partial charge is 0.441 e. The molecule has 0 bridgehead atoms. The molecule has 0 radical (unpaired) electrons. The van der Waals surface area contributed by atoms with Crippen LogP contribution in [0.3, 0.4) is 0 Å². The van der Waals surface area contributed by atoms with Crippen LogP contribution in [-0.2, 0) is 19.1 Å². The van der Waals surface area contributed by atoms with Crippen LogP contribution in [0.15, 0.2) is 0 Å². The second kappa shape index (κ2) is 8.04. The summed E-state index contributed by atoms with van der Waals surface area (Å²) in [4.78, 5) is 23.7. The number of halogens is 6. The molecule has 1 atom stereocenters. The molecule has 0 N–H and O–H groups in total. The van der Waals surface area contributed by atoms with Gasteiger partial charge in [0.1, 0.15) is 0 Å². The van der Waals surface area contributed by atoms with Gasteiger partial charge in [-0.05, 0) is 26.7 Å². The standard InChI is InChI=1S/C16H24F6O4/c1-7-10(25-12(24)13(5,6)8-2)14(15(17,18)19,16(20,21)22)26-11(23)9(3)4/h9-10H,7-8H2,1-6H3. The van der Waals surface area contributed by atoms with E-state index in [1.165, 1.54) is 20.8 Å². The molecule has 0 aliphatic heterocycles. The summed E-state index contributed by atoms with van der Waals surface area (Å²) in [6, 6.07) is 0. The van der Waals surface area contributed by atoms with Gasteiger partial charge < -0.3 is 9.47 Å². The lowest BCUT2D eigenvalue weighted by molar-refractivity contribution is -0.393. The minimum atomic E-state index is -6.05. The third-order valence-corrected chi connectivity index (χ3v) is 4.09. The molecule has 0 amide bonds. The molecule has 0 aliphatic carbocycles. The van der Waals surface area contributed by atoms with Gasteiger partial charge in [-0.2, -0.15) is 26.3 Å². The molecule has 0 rings (SSSR count). The number of carbonyl (C=O) groups is 2. The van der Waals surface area contributed by atoms with Gasteiger partial charge in [-0.25, -0.2) is 0 Å². The maximum atomic E-state index is 13.6. The molecule has 0 aromatic heterocycles. The molecule has 0 aliphatic rings. The Bertz CT molecular complexity index is 494. The highest BCUT2D eigenvalue weighted by Crippen LogP contribution is 2.50. The normalized spacial score (nSPS) is 15.0. The second-order valence-electron chi connectivity index (χ2n) is 6.85. The van der Waals surface area contributed by atoms with Gasteiger partial charge in [0.25, 0.3) is 0 Å². The number of ether oxygens (including phenoxy) is 2. The SMILES string of the molecule is CCC(OC(=O)C(C)(C)CC)C(OC(=O)C(C)C)(C(F)(F)F)C(F)(F)F. The van der Waals surface area contributed by atoms with Crippen LogP contribution >= 0.6 is 0 Å². The van der Waals surface area contributed by atoms with Crippen LogP contribution in [0.4, 0.5) is 26.3 Å². The highest BCUT2D eigenvalue weighted by Gasteiger charge is 2.79. The fourth-order valence-corrected chi connectivity index (χ4v) is 1.87. The number of rotatable bonds is 7. The van der Waals surface area contributed by atoms with Crippen LogP contribution in [0, 0.1) is 11.3 Å². The summed E-state index contributed by atoms with van der Waals surface area (Å²) >= 11 is 0. The first-order valence-corrected chi connectivity index (χ1v) is 8.05. The van der Waals surface area contributed by atoms with Crippen LogP contribution in [0.25, 0.3) is 0 Å². The molecular formula is C16H24F6O4. The van der Waals surface area contributed by atoms with E-state index in [0.717, 1.165) is 20.8 Å². The van der Waals surface area contributed by atoms with Gasteiger partial charge in [0.2, 0.25) is 0 Å². The molecule has 0 spiro atoms. The molecule has 0 fully saturated rings. The zero-order valence-corrected chi connectivity index (χ0v) is 15.5. The van der Waals surface area contributed by atoms with Gasteiger partial charge in [0, 0.05) is 0 Å². The van der Waals surface area contributed by atoms with Crippen LogP contribution in [0.1, 0.15) is 54.4 Å². The van der Waals surface area contributed by atoms with Crippen molar-refractivity contribution in [3.05, 3.63) is 0 Å². The topological polar surface area (TPSA) is 52.6 Å². The van der Waals surface area contributed by atoms with E-state index >= 15 is 0 Å². The molecular weight excluding hydrogens is 370 g/mol. The number of hydrogen-bond acceptors (Lipinski definition) is 4. The molecule has 0 heterocycles. The minimum absolute atomic E-state index is 0.124. The van der Waals surface area contributed by atoms with Crippen molar-refractivity contribution in [1.82, 2.24) is 0 Å². The molecule has 154 valence electrons. The fraction of sp³-hybridized carbons (Fsp3) is 0.875. The molecule has 10 heteroatoms. The monoisotopic (exact) mass is 394 g/mol. The Morgan fingerprint density at radius 1 is 0.923 bits per heavy atom. The van der Waals surface area contributed by atoms with Crippen LogP contribution in [-0.4, -0.2) is 36.0 Å². The van der Waals surface area contributed by atoms with E-state index < -0.39 is 53.7 Å². The van der Waals surface area contributed by atoms with Gasteiger partial charge in [-0.1, -0.05) is 27.7 Å². The Kier molecular flexibility index (Phi) is 7.58. The van der Waals surface area contributed by atoms with Crippen molar-refractivity contribution >= 4 is 11.9 Å². The largest absolute Gasteiger partial charge is 0.457 e. The van der Waals surface area contributed by atoms with Gasteiger partial charge in [0.15, 0.2) is 6.10 Å². The van der Waals surface area contributed by atoms with Crippen molar-refractivity contribution in [1.29, 1.82) is 0 Å². The zero-order valence-electron chi connectivity index (χ0n) is 15.5. The van der Waals surface area contributed by atoms with E-state index in [1.807, 2.05) is 0 Å². The Morgan fingerprint density at radius 3 is 1.62 bits per heavy atom. The van der Waals surface area contributed by atoms with Gasteiger partial charge >= 0.3 is 29.9 Å². The predicted octanol–water partition coefficient (Wildman–Crippen LogP) is 4.81. The van der Waals surface area contributed by atoms with E-state index in [0.29, 0.717) is 0 Å². The van der Waals surface area contributed by atoms with Gasteiger partial charge in [-0.15, -0.1) is 0 Å². The Hall–Kier alpha value is -1.48. The Labute approximate surface area is 148 Å². The summed E-state index contributed by atoms with van der Waals surface area (Å²) < 4.78 is 90.0. The molecule has 0 saturated carbocycles. The Morgan fingerprint density at radius 2 is 1.35 bits per heavy atom. The van der Waals surface area contributed by atoms with E-state index in [-0.39, 0.29) is 6.42 Å². The van der Waals surface area contributed by atoms with E-state index in [2.05, 4.69) is 9.47 Å². The van der Waals surface area contributed by atoms with E-state index in [9.17, 15) is 35.9 Å². The highest BCUT2D eigenvalue weighted by molar-refractivity contribution is 5.76. The summed E-state index contributed by atoms with van der Waals surface area (Å²) in [5, 5.41) is 0. The van der Waals surface area contributed by atoms with E-state index in [4.69, 9.17) is 0 Å². The average molecular weight is 394 g/mol. The lowest BCUT2D eigenvalue weighted by atomic mass is 9.88. The van der Waals surface area contributed by atoms with Crippen molar-refractivity contribution in [3.8, 4) is 0 Å². The maximum absolute atomic E-state index is 13.6. The highest BCUT2D eigenvalue weighted by atomic mass is 19.4. The van der Waals surface area contributed by atoms with Crippen LogP contribution in [0.2, 0.25) is 0 Å². The molecule has 1 unspecified atom stereocenters. The molecule has 4 nitrogen and oxygen atoms in total. The predicted molar refractivity (Wildman–Crippen MR) is 80.0 cm³/mol. The molecule has 0 saturated heterocycles. The van der Waals surface area contributed by atoms with Crippen molar-refractivity contribution in [2.75, 3.05) is 0 Å². The van der Waals surface area contributed by atoms with Crippen molar-refractivity contribution < 1.29 is 45.4 Å². The van der Waals surface area contributed by atoms with Crippen molar-refractivity contribution in [3.63, 3.8) is 0 Å². The van der Waals surface area contributed by atoms with Gasteiger partial charge in [0.05, 0.1) is 11.3 Å². The maximum Gasteiger partial charge on any atom is 0.441 e. The first-order valence-electron chi connectivity index (χ1n) is 8.05. The minimum Gasteiger partial charge on any atom is -0.457 e. The van der Waals surface area contributed by atoms with Crippen molar-refractivity contribution in [2.24, 2.45) is 11.3 Å². The summed E-state index contributed by atoms with van der Waals surface area (Å²) in [5.41, 5.74) is -6.26. The van der Waals surface area contributed by atoms with E-state index in [1.54, 1.807) is 0 Å². The molecule has 0 aromatic rings. The molecule has 26 heavy (non-hydrogen) atoms. The average Bonchev–Trinajstić information content (AvgIpc) is 2.47. The quantitative estimate of drug-likeness (QED) is 0.460. The van der Waals surface area contributed by atoms with Crippen LogP contribution in [0.5, 0.6) is 0 Å². The number of hydrogen-bond donors (Lipinski definition) is 0. The summed E-state index contributed by atoms with van der Waals surface area (Å²) in [6.07, 6.45) is -15.6. The molecule has 0 aromatic carbocycles. The summed E-state index contributed by atoms with van der Waals surface area (Å²) in [5.74, 6) is -4.20. The number of carbonyl (C=O) groups excluding carboxylic acids is 2. The lowest BCUT2D eigenvalue weighted by Crippen LogP contribution is -2.67. The fourth-order valence-electron chi connectivity index (χ4n) is 1.87. The van der Waals surface area contributed by atoms with Crippen LogP contribution < -0.4 is 0 Å². The first kappa shape index (κ1) is 24.5. The lowest BCUT2D eigenvalue weighted by Gasteiger charge is -2.42. The van der Waals surface area contributed by atoms with Gasteiger partial charge in [-0.3, -0.25) is 9.59 Å².